The van der Waals surface area contributed by atoms with Gasteiger partial charge in [-0.3, -0.25) is 4.79 Å². The molecule has 3 aromatic rings. The average Bonchev–Trinajstić information content (AvgIpc) is 2.55. The molecule has 0 bridgehead atoms. The molecule has 21 heavy (non-hydrogen) atoms. The average molecular weight is 276 g/mol. The van der Waals surface area contributed by atoms with E-state index in [0.29, 0.717) is 11.3 Å². The quantitative estimate of drug-likeness (QED) is 0.508. The van der Waals surface area contributed by atoms with E-state index in [2.05, 4.69) is 0 Å². The van der Waals surface area contributed by atoms with Crippen LogP contribution in [0.15, 0.2) is 48.5 Å². The molecule has 0 aromatic heterocycles. The molecule has 0 unspecified atom stereocenters. The summed E-state index contributed by atoms with van der Waals surface area (Å²) in [7, 11) is 1.61. The molecule has 0 spiro atoms. The lowest BCUT2D eigenvalue weighted by Crippen LogP contribution is -2.01. The van der Waals surface area contributed by atoms with E-state index in [0.717, 1.165) is 39.7 Å². The molecule has 0 atom stereocenters. The Labute approximate surface area is 121 Å². The van der Waals surface area contributed by atoms with Crippen molar-refractivity contribution < 1.29 is 14.3 Å². The third-order valence-electron chi connectivity index (χ3n) is 3.84. The molecule has 0 saturated heterocycles. The number of carbonyl (C=O) groups is 1. The lowest BCUT2D eigenvalue weighted by atomic mass is 9.90. The second-order valence-corrected chi connectivity index (χ2v) is 4.94. The summed E-state index contributed by atoms with van der Waals surface area (Å²) >= 11 is 0. The monoisotopic (exact) mass is 276 g/mol. The van der Waals surface area contributed by atoms with Crippen LogP contribution in [-0.4, -0.2) is 13.4 Å². The Hall–Kier alpha value is -2.81. The largest absolute Gasteiger partial charge is 0.496 e. The standard InChI is InChI=1S/C18H12O3/c1-20-16-9-11(10-19)17-12-5-2-3-7-14(12)21-15-8-4-6-13(16)18(15)17/h2-10H,1H3. The van der Waals surface area contributed by atoms with Crippen LogP contribution in [0.25, 0.3) is 21.9 Å². The highest BCUT2D eigenvalue weighted by molar-refractivity contribution is 6.12. The molecule has 0 radical (unpaired) electrons. The first-order valence-corrected chi connectivity index (χ1v) is 6.69. The van der Waals surface area contributed by atoms with Crippen LogP contribution in [-0.2, 0) is 0 Å². The summed E-state index contributed by atoms with van der Waals surface area (Å²) in [5.41, 5.74) is 2.46. The van der Waals surface area contributed by atoms with Crippen molar-refractivity contribution >= 4 is 17.1 Å². The molecular formula is C18H12O3. The van der Waals surface area contributed by atoms with Gasteiger partial charge in [-0.15, -0.1) is 0 Å². The molecule has 102 valence electrons. The molecule has 0 amide bonds. The van der Waals surface area contributed by atoms with Gasteiger partial charge in [0.05, 0.1) is 7.11 Å². The number of rotatable bonds is 2. The lowest BCUT2D eigenvalue weighted by Gasteiger charge is -2.23. The van der Waals surface area contributed by atoms with Gasteiger partial charge >= 0.3 is 0 Å². The summed E-state index contributed by atoms with van der Waals surface area (Å²) < 4.78 is 11.4. The van der Waals surface area contributed by atoms with Crippen molar-refractivity contribution in [3.8, 4) is 28.4 Å². The normalized spacial score (nSPS) is 11.7. The zero-order valence-corrected chi connectivity index (χ0v) is 11.4. The van der Waals surface area contributed by atoms with Crippen molar-refractivity contribution in [3.05, 3.63) is 54.1 Å². The van der Waals surface area contributed by atoms with Gasteiger partial charge in [0.25, 0.3) is 0 Å². The van der Waals surface area contributed by atoms with Gasteiger partial charge in [0, 0.05) is 27.5 Å². The third-order valence-corrected chi connectivity index (χ3v) is 3.84. The summed E-state index contributed by atoms with van der Waals surface area (Å²) in [6.07, 6.45) is 0.871. The number of methoxy groups -OCH3 is 1. The van der Waals surface area contributed by atoms with Crippen LogP contribution in [0.2, 0.25) is 0 Å². The first kappa shape index (κ1) is 12.0. The number of aldehydes is 1. The van der Waals surface area contributed by atoms with E-state index >= 15 is 0 Å². The highest BCUT2D eigenvalue weighted by atomic mass is 16.5. The van der Waals surface area contributed by atoms with Gasteiger partial charge in [0.2, 0.25) is 0 Å². The maximum atomic E-state index is 11.5. The van der Waals surface area contributed by atoms with Crippen LogP contribution < -0.4 is 9.47 Å². The summed E-state index contributed by atoms with van der Waals surface area (Å²) in [4.78, 5) is 11.5. The third kappa shape index (κ3) is 1.57. The molecule has 0 aliphatic carbocycles. The number of para-hydroxylation sites is 1. The van der Waals surface area contributed by atoms with Crippen molar-refractivity contribution in [2.45, 2.75) is 0 Å². The number of benzene rings is 3. The number of carbonyl (C=O) groups excluding carboxylic acids is 1. The maximum absolute atomic E-state index is 11.5. The summed E-state index contributed by atoms with van der Waals surface area (Å²) in [6.45, 7) is 0. The summed E-state index contributed by atoms with van der Waals surface area (Å²) in [6, 6.07) is 15.4. The van der Waals surface area contributed by atoms with Crippen LogP contribution in [0.4, 0.5) is 0 Å². The number of fused-ring (bicyclic) bond motifs is 2. The minimum atomic E-state index is 0.613. The van der Waals surface area contributed by atoms with Gasteiger partial charge in [-0.05, 0) is 18.2 Å². The lowest BCUT2D eigenvalue weighted by molar-refractivity contribution is 0.112. The Balaban J connectivity index is 2.24. The zero-order chi connectivity index (χ0) is 14.4. The van der Waals surface area contributed by atoms with Crippen LogP contribution in [0.5, 0.6) is 17.2 Å². The van der Waals surface area contributed by atoms with Gasteiger partial charge in [-0.1, -0.05) is 30.3 Å². The van der Waals surface area contributed by atoms with E-state index in [4.69, 9.17) is 9.47 Å². The van der Waals surface area contributed by atoms with Gasteiger partial charge in [-0.25, -0.2) is 0 Å². The molecule has 3 aromatic carbocycles. The van der Waals surface area contributed by atoms with Crippen molar-refractivity contribution in [2.75, 3.05) is 7.11 Å². The van der Waals surface area contributed by atoms with Crippen molar-refractivity contribution in [1.29, 1.82) is 0 Å². The fourth-order valence-electron chi connectivity index (χ4n) is 2.95. The van der Waals surface area contributed by atoms with Crippen molar-refractivity contribution in [2.24, 2.45) is 0 Å². The Morgan fingerprint density at radius 3 is 2.67 bits per heavy atom. The molecule has 3 nitrogen and oxygen atoms in total. The van der Waals surface area contributed by atoms with Crippen LogP contribution in [0.3, 0.4) is 0 Å². The molecular weight excluding hydrogens is 264 g/mol. The minimum absolute atomic E-state index is 0.613. The van der Waals surface area contributed by atoms with E-state index in [1.807, 2.05) is 42.5 Å². The molecule has 0 N–H and O–H groups in total. The van der Waals surface area contributed by atoms with Gasteiger partial charge < -0.3 is 9.47 Å². The SMILES string of the molecule is COc1cc(C=O)c2c3c(cccc13)Oc1ccccc1-2. The van der Waals surface area contributed by atoms with Crippen molar-refractivity contribution in [1.82, 2.24) is 0 Å². The number of hydrogen-bond donors (Lipinski definition) is 0. The second kappa shape index (κ2) is 4.35. The Morgan fingerprint density at radius 2 is 1.86 bits per heavy atom. The van der Waals surface area contributed by atoms with E-state index in [1.165, 1.54) is 0 Å². The van der Waals surface area contributed by atoms with Gasteiger partial charge in [0.1, 0.15) is 17.2 Å². The molecule has 1 aliphatic rings. The topological polar surface area (TPSA) is 35.5 Å². The van der Waals surface area contributed by atoms with Crippen LogP contribution in [0, 0.1) is 0 Å². The van der Waals surface area contributed by atoms with E-state index in [-0.39, 0.29) is 0 Å². The van der Waals surface area contributed by atoms with Gasteiger partial charge in [-0.2, -0.15) is 0 Å². The first-order valence-electron chi connectivity index (χ1n) is 6.69. The minimum Gasteiger partial charge on any atom is -0.496 e. The van der Waals surface area contributed by atoms with Crippen molar-refractivity contribution in [3.63, 3.8) is 0 Å². The Kier molecular flexibility index (Phi) is 2.48. The summed E-state index contributed by atoms with van der Waals surface area (Å²) in [5.74, 6) is 2.20. The molecule has 1 aliphatic heterocycles. The van der Waals surface area contributed by atoms with Crippen LogP contribution in [0.1, 0.15) is 10.4 Å². The fourth-order valence-corrected chi connectivity index (χ4v) is 2.95. The first-order chi connectivity index (χ1) is 10.3. The molecule has 1 heterocycles. The molecule has 0 fully saturated rings. The highest BCUT2D eigenvalue weighted by Gasteiger charge is 2.24. The van der Waals surface area contributed by atoms with Crippen LogP contribution >= 0.6 is 0 Å². The fraction of sp³-hybridized carbons (Fsp3) is 0.0556. The van der Waals surface area contributed by atoms with E-state index in [9.17, 15) is 4.79 Å². The second-order valence-electron chi connectivity index (χ2n) is 4.94. The molecule has 3 heteroatoms. The maximum Gasteiger partial charge on any atom is 0.150 e. The molecule has 0 saturated carbocycles. The highest BCUT2D eigenvalue weighted by Crippen LogP contribution is 2.49. The Morgan fingerprint density at radius 1 is 1.05 bits per heavy atom. The predicted molar refractivity (Wildman–Crippen MR) is 81.4 cm³/mol. The Bertz CT molecular complexity index is 881. The predicted octanol–water partition coefficient (Wildman–Crippen LogP) is 4.43. The summed E-state index contributed by atoms with van der Waals surface area (Å²) in [5, 5.41) is 1.88. The molecule has 4 rings (SSSR count). The van der Waals surface area contributed by atoms with E-state index in [1.54, 1.807) is 13.2 Å². The van der Waals surface area contributed by atoms with E-state index < -0.39 is 0 Å². The van der Waals surface area contributed by atoms with Gasteiger partial charge in [0.15, 0.2) is 6.29 Å². The zero-order valence-electron chi connectivity index (χ0n) is 11.4. The number of ether oxygens (including phenoxy) is 2. The smallest absolute Gasteiger partial charge is 0.150 e. The number of hydrogen-bond acceptors (Lipinski definition) is 3.